The highest BCUT2D eigenvalue weighted by Crippen LogP contribution is 2.40. The number of aromatic amines is 3. The van der Waals surface area contributed by atoms with Crippen LogP contribution in [0.3, 0.4) is 0 Å². The molecule has 12 aromatic rings. The molecule has 2 amide bonds. The molecule has 6 N–H and O–H groups in total. The minimum Gasteiger partial charge on any atom is -0.494 e. The molecule has 3 fully saturated rings. The van der Waals surface area contributed by atoms with E-state index < -0.39 is 17.9 Å². The summed E-state index contributed by atoms with van der Waals surface area (Å²) in [5.74, 6) is -0.103. The van der Waals surface area contributed by atoms with E-state index in [4.69, 9.17) is 39.2 Å². The van der Waals surface area contributed by atoms with E-state index in [0.717, 1.165) is 153 Å². The van der Waals surface area contributed by atoms with Crippen LogP contribution in [0.4, 0.5) is 34.4 Å². The summed E-state index contributed by atoms with van der Waals surface area (Å²) in [7, 11) is 8.22. The van der Waals surface area contributed by atoms with Crippen molar-refractivity contribution >= 4 is 120 Å². The molecule has 6 aliphatic rings. The lowest BCUT2D eigenvalue weighted by Crippen LogP contribution is -2.48. The number of ketones is 1. The van der Waals surface area contributed by atoms with Crippen molar-refractivity contribution in [3.63, 3.8) is 0 Å². The van der Waals surface area contributed by atoms with E-state index in [2.05, 4.69) is 64.5 Å². The van der Waals surface area contributed by atoms with Crippen LogP contribution in [0.2, 0.25) is 0 Å². The van der Waals surface area contributed by atoms with Crippen molar-refractivity contribution in [2.75, 3.05) is 161 Å². The summed E-state index contributed by atoms with van der Waals surface area (Å²) >= 11 is 0. The Labute approximate surface area is 711 Å². The Hall–Kier alpha value is -13.5. The van der Waals surface area contributed by atoms with Gasteiger partial charge in [-0.05, 0) is 131 Å². The summed E-state index contributed by atoms with van der Waals surface area (Å²) in [6, 6.07) is 57.8. The van der Waals surface area contributed by atoms with E-state index in [0.29, 0.717) is 142 Å². The molecule has 3 saturated heterocycles. The van der Waals surface area contributed by atoms with Gasteiger partial charge in [0.1, 0.15) is 0 Å². The van der Waals surface area contributed by atoms with Crippen LogP contribution in [0.5, 0.6) is 17.6 Å². The van der Waals surface area contributed by atoms with Gasteiger partial charge in [-0.25, -0.2) is 39.3 Å². The summed E-state index contributed by atoms with van der Waals surface area (Å²) in [6.07, 6.45) is 5.70. The smallest absolute Gasteiger partial charge is 0.337 e. The average Bonchev–Trinajstić information content (AvgIpc) is 1.65. The highest BCUT2D eigenvalue weighted by atomic mass is 16.5. The third kappa shape index (κ3) is 18.6. The Kier molecular flexibility index (Phi) is 25.2. The fourth-order valence-electron chi connectivity index (χ4n) is 17.0. The Morgan fingerprint density at radius 3 is 1.16 bits per heavy atom. The van der Waals surface area contributed by atoms with Gasteiger partial charge < -0.3 is 69.0 Å². The molecule has 0 saturated carbocycles. The van der Waals surface area contributed by atoms with Crippen LogP contribution < -0.4 is 14.7 Å². The number of nitrogens with zero attached hydrogens (tertiary/aromatic N) is 13. The van der Waals surface area contributed by atoms with Gasteiger partial charge in [-0.1, -0.05) is 116 Å². The number of esters is 3. The zero-order chi connectivity index (χ0) is 85.4. The predicted octanol–water partition coefficient (Wildman–Crippen LogP) is 12.0. The molecular weight excluding hydrogens is 1560 g/mol. The fraction of sp³-hybridized carbons (Fsp3) is 0.295. The Morgan fingerprint density at radius 1 is 0.374 bits per heavy atom. The van der Waals surface area contributed by atoms with Gasteiger partial charge in [0.2, 0.25) is 11.8 Å². The van der Waals surface area contributed by atoms with Gasteiger partial charge in [0.05, 0.1) is 126 Å². The number of pyridine rings is 2. The number of aromatic hydroxyl groups is 3. The fourth-order valence-corrected chi connectivity index (χ4v) is 17.0. The number of nitrogens with one attached hydrogen (secondary N) is 3. The molecule has 0 unspecified atom stereocenters. The number of fused-ring (bicyclic) bond motifs is 6. The molecule has 0 bridgehead atoms. The van der Waals surface area contributed by atoms with Crippen molar-refractivity contribution < 1.29 is 58.3 Å². The molecule has 7 aromatic carbocycles. The van der Waals surface area contributed by atoms with Crippen molar-refractivity contribution in [3.05, 3.63) is 255 Å². The van der Waals surface area contributed by atoms with Crippen molar-refractivity contribution in [2.45, 2.75) is 38.5 Å². The number of carbonyl (C=O) groups excluding carboxylic acids is 6. The number of hydrogen-bond acceptors (Lipinski definition) is 23. The highest BCUT2D eigenvalue weighted by molar-refractivity contribution is 6.24. The molecule has 0 aliphatic carbocycles. The molecule has 28 nitrogen and oxygen atoms in total. The van der Waals surface area contributed by atoms with Crippen LogP contribution in [-0.4, -0.2) is 264 Å². The standard InChI is InChI=1S/C33H35N5O4.C31H32N6O4.C31H31N5O4/c1-36-14-16-37(17-15-36)20-26(39)21-38-13-12-23-18-25(9-11-29(23)38)34-31(22-6-4-3-5-7-22)30-27-10-8-24(33(41)42-2)19-28(27)35-32(30)40;1-35-14-16-36(17-15-35)19-27(38)37-13-12-23-25(37)10-11-26(32-23)34-29(20-6-4-3-5-7-20)28-22-9-8-21(31(40)41-2)18-24(22)33-30(28)39;1-40-31(39)21-10-11-22-24(18-21)33-30(38)28(22)29(20-8-4-2-5-9-20)34-26-13-12-25-23(32-26)14-17-36(25)27(37)19-35-15-6-3-7-16-35/h3-11,18-19,35,40H,12-17,20-21H2,1-2H3;3-11,18,33,39H,12-17,19H2,1-2H3;2,4-5,8-13,18,33,38H,3,6-7,14-17,19H2,1H3. The van der Waals surface area contributed by atoms with Gasteiger partial charge in [0.25, 0.3) is 0 Å². The van der Waals surface area contributed by atoms with Gasteiger partial charge >= 0.3 is 17.9 Å². The molecule has 5 aromatic heterocycles. The molecular formula is C95H98N16O12. The molecule has 28 heteroatoms. The number of likely N-dealkylation sites (N-methyl/N-ethyl adjacent to an activating group) is 2. The summed E-state index contributed by atoms with van der Waals surface area (Å²) in [4.78, 5) is 126. The maximum Gasteiger partial charge on any atom is 0.337 e. The highest BCUT2D eigenvalue weighted by Gasteiger charge is 2.33. The third-order valence-corrected chi connectivity index (χ3v) is 23.5. The molecule has 11 heterocycles. The first-order chi connectivity index (χ1) is 59.8. The zero-order valence-corrected chi connectivity index (χ0v) is 69.5. The Bertz CT molecular complexity index is 6060. The number of aromatic nitrogens is 5. The van der Waals surface area contributed by atoms with Crippen LogP contribution in [0.15, 0.2) is 203 Å². The molecule has 123 heavy (non-hydrogen) atoms. The minimum absolute atomic E-state index is 0.0270. The number of ether oxygens (including phenoxy) is 3. The lowest BCUT2D eigenvalue weighted by molar-refractivity contribution is -0.120. The number of Topliss-reactive ketones (excluding diaryl/α,β-unsaturated/α-hetero) is 1. The van der Waals surface area contributed by atoms with E-state index in [-0.39, 0.29) is 35.2 Å². The average molecular weight is 1660 g/mol. The number of piperidine rings is 1. The third-order valence-electron chi connectivity index (χ3n) is 23.5. The normalized spacial score (nSPS) is 16.1. The molecule has 0 atom stereocenters. The first kappa shape index (κ1) is 83.2. The second-order valence-corrected chi connectivity index (χ2v) is 31.7. The maximum absolute atomic E-state index is 13.2. The first-order valence-electron chi connectivity index (χ1n) is 41.6. The lowest BCUT2D eigenvalue weighted by atomic mass is 10.00. The zero-order valence-electron chi connectivity index (χ0n) is 69.5. The number of methoxy groups -OCH3 is 3. The van der Waals surface area contributed by atoms with E-state index in [1.807, 2.05) is 137 Å². The van der Waals surface area contributed by atoms with Crippen molar-refractivity contribution in [3.8, 4) is 17.6 Å². The number of rotatable bonds is 20. The van der Waals surface area contributed by atoms with Crippen LogP contribution in [0.25, 0.3) is 32.7 Å². The monoisotopic (exact) mass is 1650 g/mol. The minimum atomic E-state index is -0.460. The summed E-state index contributed by atoms with van der Waals surface area (Å²) < 4.78 is 14.5. The van der Waals surface area contributed by atoms with Crippen LogP contribution in [-0.2, 0) is 47.9 Å². The van der Waals surface area contributed by atoms with Crippen LogP contribution >= 0.6 is 0 Å². The van der Waals surface area contributed by atoms with E-state index in [1.165, 1.54) is 27.8 Å². The van der Waals surface area contributed by atoms with Gasteiger partial charge in [0.15, 0.2) is 35.1 Å². The topological polar surface area (TPSA) is 327 Å². The number of aliphatic imine (C=N–C) groups is 3. The molecule has 18 rings (SSSR count). The maximum atomic E-state index is 13.2. The largest absolute Gasteiger partial charge is 0.494 e. The first-order valence-corrected chi connectivity index (χ1v) is 41.6. The van der Waals surface area contributed by atoms with E-state index in [1.54, 1.807) is 54.6 Å². The Balaban J connectivity index is 0.000000137. The quantitative estimate of drug-likeness (QED) is 0.0234. The number of likely N-dealkylation sites (tertiary alicyclic amines) is 1. The molecule has 630 valence electrons. The van der Waals surface area contributed by atoms with E-state index >= 15 is 0 Å². The van der Waals surface area contributed by atoms with Crippen molar-refractivity contribution in [1.82, 2.24) is 49.4 Å². The van der Waals surface area contributed by atoms with Crippen molar-refractivity contribution in [1.29, 1.82) is 0 Å². The van der Waals surface area contributed by atoms with Crippen LogP contribution in [0, 0.1) is 0 Å². The number of carbonyl (C=O) groups is 6. The lowest BCUT2D eigenvalue weighted by Gasteiger charge is -2.32. The van der Waals surface area contributed by atoms with Crippen LogP contribution in [0.1, 0.15) is 101 Å². The summed E-state index contributed by atoms with van der Waals surface area (Å²) in [5, 5.41) is 35.2. The van der Waals surface area contributed by atoms with Crippen molar-refractivity contribution in [2.24, 2.45) is 15.0 Å². The van der Waals surface area contributed by atoms with Gasteiger partial charge in [0, 0.05) is 140 Å². The number of H-pyrrole nitrogens is 3. The SMILES string of the molecule is COC(=O)c1ccc2c(C(=Nc3ccc4c(c3)CCN4CC(=O)CN3CCN(C)CC3)c3ccccc3)c(O)[nH]c2c1.COC(=O)c1ccc2c(C(=Nc3ccc4c(n3)CCN4C(=O)CN3CCCCC3)c3ccccc3)c(O)[nH]c2c1.COC(=O)c1ccc2c(C(=Nc3ccc4c(n3)CCN4C(=O)CN3CCN(C)CC3)c3ccccc3)c(O)[nH]c2c1. The number of amides is 2. The van der Waals surface area contributed by atoms with Gasteiger partial charge in [-0.3, -0.25) is 29.1 Å². The number of benzene rings is 7. The van der Waals surface area contributed by atoms with E-state index in [9.17, 15) is 44.1 Å². The number of piperazine rings is 2. The Morgan fingerprint density at radius 2 is 0.756 bits per heavy atom. The van der Waals surface area contributed by atoms with Gasteiger partial charge in [-0.15, -0.1) is 0 Å². The predicted molar refractivity (Wildman–Crippen MR) is 475 cm³/mol. The summed E-state index contributed by atoms with van der Waals surface area (Å²) in [6.45, 7) is 13.3. The second-order valence-electron chi connectivity index (χ2n) is 31.7. The summed E-state index contributed by atoms with van der Waals surface area (Å²) in [5.41, 5.74) is 15.0. The molecule has 6 aliphatic heterocycles. The molecule has 0 spiro atoms. The second kappa shape index (κ2) is 37.2. The number of hydrogen-bond donors (Lipinski definition) is 6. The molecule has 0 radical (unpaired) electrons. The van der Waals surface area contributed by atoms with Gasteiger partial charge in [-0.2, -0.15) is 0 Å². The number of anilines is 3.